The first-order valence-electron chi connectivity index (χ1n) is 6.90. The first kappa shape index (κ1) is 14.6. The molecule has 0 unspecified atom stereocenters. The molecule has 18 heavy (non-hydrogen) atoms. The second kappa shape index (κ2) is 8.56. The van der Waals surface area contributed by atoms with Gasteiger partial charge in [-0.3, -0.25) is 0 Å². The molecule has 0 bridgehead atoms. The van der Waals surface area contributed by atoms with Gasteiger partial charge in [-0.05, 0) is 37.5 Å². The van der Waals surface area contributed by atoms with E-state index in [1.165, 1.54) is 31.2 Å². The lowest BCUT2D eigenvalue weighted by Crippen LogP contribution is -2.28. The summed E-state index contributed by atoms with van der Waals surface area (Å²) in [4.78, 5) is 11.3. The van der Waals surface area contributed by atoms with E-state index in [1.807, 2.05) is 19.1 Å². The molecule has 0 aliphatic carbocycles. The number of rotatable bonds is 7. The highest BCUT2D eigenvalue weighted by atomic mass is 16.2. The van der Waals surface area contributed by atoms with Gasteiger partial charge in [-0.25, -0.2) is 4.79 Å². The number of hydrogen-bond donors (Lipinski definition) is 2. The number of hydrogen-bond acceptors (Lipinski definition) is 1. The maximum atomic E-state index is 11.3. The molecule has 0 saturated heterocycles. The number of unbranched alkanes of at least 4 members (excludes halogenated alkanes) is 3. The highest BCUT2D eigenvalue weighted by Gasteiger charge is 1.99. The van der Waals surface area contributed by atoms with E-state index in [1.54, 1.807) is 0 Å². The van der Waals surface area contributed by atoms with Gasteiger partial charge in [0, 0.05) is 12.2 Å². The number of carbonyl (C=O) groups excluding carboxylic acids is 1. The summed E-state index contributed by atoms with van der Waals surface area (Å²) in [5.41, 5.74) is 2.19. The third kappa shape index (κ3) is 5.71. The van der Waals surface area contributed by atoms with Crippen molar-refractivity contribution in [3.05, 3.63) is 29.8 Å². The van der Waals surface area contributed by atoms with Crippen LogP contribution in [-0.2, 0) is 6.42 Å². The Morgan fingerprint density at radius 2 is 1.78 bits per heavy atom. The molecule has 0 radical (unpaired) electrons. The molecule has 1 aromatic rings. The number of urea groups is 1. The standard InChI is InChI=1S/C15H24N2O/c1-3-5-6-7-8-13-9-11-14(12-10-13)17-15(18)16-4-2/h9-12H,3-8H2,1-2H3,(H2,16,17,18). The zero-order valence-corrected chi connectivity index (χ0v) is 11.5. The Labute approximate surface area is 110 Å². The van der Waals surface area contributed by atoms with Crippen molar-refractivity contribution in [3.63, 3.8) is 0 Å². The largest absolute Gasteiger partial charge is 0.338 e. The fraction of sp³-hybridized carbons (Fsp3) is 0.533. The van der Waals surface area contributed by atoms with Gasteiger partial charge >= 0.3 is 6.03 Å². The van der Waals surface area contributed by atoms with Crippen LogP contribution >= 0.6 is 0 Å². The molecule has 0 aliphatic heterocycles. The second-order valence-corrected chi connectivity index (χ2v) is 4.49. The van der Waals surface area contributed by atoms with E-state index < -0.39 is 0 Å². The molecule has 1 aromatic carbocycles. The van der Waals surface area contributed by atoms with Crippen molar-refractivity contribution >= 4 is 11.7 Å². The van der Waals surface area contributed by atoms with E-state index in [9.17, 15) is 4.79 Å². The monoisotopic (exact) mass is 248 g/mol. The third-order valence-electron chi connectivity index (χ3n) is 2.87. The Kier molecular flexibility index (Phi) is 6.92. The summed E-state index contributed by atoms with van der Waals surface area (Å²) in [6.07, 6.45) is 6.26. The summed E-state index contributed by atoms with van der Waals surface area (Å²) in [5.74, 6) is 0. The van der Waals surface area contributed by atoms with E-state index >= 15 is 0 Å². The molecule has 100 valence electrons. The number of carbonyl (C=O) groups is 1. The number of anilines is 1. The first-order valence-corrected chi connectivity index (χ1v) is 6.90. The van der Waals surface area contributed by atoms with Gasteiger partial charge in [0.25, 0.3) is 0 Å². The number of nitrogens with one attached hydrogen (secondary N) is 2. The average molecular weight is 248 g/mol. The Morgan fingerprint density at radius 3 is 2.39 bits per heavy atom. The van der Waals surface area contributed by atoms with Crippen molar-refractivity contribution in [1.82, 2.24) is 5.32 Å². The number of benzene rings is 1. The van der Waals surface area contributed by atoms with Gasteiger partial charge in [0.1, 0.15) is 0 Å². The van der Waals surface area contributed by atoms with Crippen LogP contribution in [0.2, 0.25) is 0 Å². The molecule has 0 aromatic heterocycles. The molecule has 0 heterocycles. The van der Waals surface area contributed by atoms with Crippen LogP contribution in [0.3, 0.4) is 0 Å². The van der Waals surface area contributed by atoms with Gasteiger partial charge in [0.15, 0.2) is 0 Å². The Morgan fingerprint density at radius 1 is 1.06 bits per heavy atom. The van der Waals surface area contributed by atoms with Crippen molar-refractivity contribution in [3.8, 4) is 0 Å². The molecule has 2 N–H and O–H groups in total. The van der Waals surface area contributed by atoms with E-state index in [2.05, 4.69) is 29.7 Å². The fourth-order valence-electron chi connectivity index (χ4n) is 1.85. The maximum absolute atomic E-state index is 11.3. The van der Waals surface area contributed by atoms with Crippen molar-refractivity contribution in [2.24, 2.45) is 0 Å². The van der Waals surface area contributed by atoms with Gasteiger partial charge in [0.2, 0.25) is 0 Å². The summed E-state index contributed by atoms with van der Waals surface area (Å²) in [6.45, 7) is 4.77. The fourth-order valence-corrected chi connectivity index (χ4v) is 1.85. The highest BCUT2D eigenvalue weighted by molar-refractivity contribution is 5.89. The van der Waals surface area contributed by atoms with E-state index in [0.29, 0.717) is 6.54 Å². The van der Waals surface area contributed by atoms with Crippen molar-refractivity contribution < 1.29 is 4.79 Å². The lowest BCUT2D eigenvalue weighted by molar-refractivity contribution is 0.252. The van der Waals surface area contributed by atoms with E-state index in [0.717, 1.165) is 12.1 Å². The molecule has 0 fully saturated rings. The summed E-state index contributed by atoms with van der Waals surface area (Å²) >= 11 is 0. The van der Waals surface area contributed by atoms with Gasteiger partial charge in [0.05, 0.1) is 0 Å². The average Bonchev–Trinajstić information content (AvgIpc) is 2.37. The molecule has 3 heteroatoms. The quantitative estimate of drug-likeness (QED) is 0.705. The summed E-state index contributed by atoms with van der Waals surface area (Å²) in [6, 6.07) is 7.96. The summed E-state index contributed by atoms with van der Waals surface area (Å²) < 4.78 is 0. The van der Waals surface area contributed by atoms with Crippen molar-refractivity contribution in [2.45, 2.75) is 46.0 Å². The minimum atomic E-state index is -0.145. The van der Waals surface area contributed by atoms with Gasteiger partial charge in [-0.15, -0.1) is 0 Å². The molecule has 0 spiro atoms. The first-order chi connectivity index (χ1) is 8.76. The second-order valence-electron chi connectivity index (χ2n) is 4.49. The zero-order valence-electron chi connectivity index (χ0n) is 11.5. The van der Waals surface area contributed by atoms with Crippen LogP contribution in [0.4, 0.5) is 10.5 Å². The lowest BCUT2D eigenvalue weighted by atomic mass is 10.1. The predicted molar refractivity (Wildman–Crippen MR) is 77.0 cm³/mol. The molecule has 3 nitrogen and oxygen atoms in total. The van der Waals surface area contributed by atoms with Gasteiger partial charge < -0.3 is 10.6 Å². The van der Waals surface area contributed by atoms with Crippen molar-refractivity contribution in [1.29, 1.82) is 0 Å². The van der Waals surface area contributed by atoms with Crippen LogP contribution in [0, 0.1) is 0 Å². The van der Waals surface area contributed by atoms with E-state index in [4.69, 9.17) is 0 Å². The molecule has 1 rings (SSSR count). The summed E-state index contributed by atoms with van der Waals surface area (Å²) in [5, 5.41) is 5.50. The summed E-state index contributed by atoms with van der Waals surface area (Å²) in [7, 11) is 0. The number of aryl methyl sites for hydroxylation is 1. The molecular weight excluding hydrogens is 224 g/mol. The zero-order chi connectivity index (χ0) is 13.2. The third-order valence-corrected chi connectivity index (χ3v) is 2.87. The maximum Gasteiger partial charge on any atom is 0.319 e. The van der Waals surface area contributed by atoms with Crippen LogP contribution in [0.15, 0.2) is 24.3 Å². The van der Waals surface area contributed by atoms with Gasteiger partial charge in [-0.1, -0.05) is 38.3 Å². The van der Waals surface area contributed by atoms with Crippen molar-refractivity contribution in [2.75, 3.05) is 11.9 Å². The van der Waals surface area contributed by atoms with Crippen LogP contribution in [0.5, 0.6) is 0 Å². The molecular formula is C15H24N2O. The highest BCUT2D eigenvalue weighted by Crippen LogP contribution is 2.12. The Hall–Kier alpha value is -1.51. The van der Waals surface area contributed by atoms with Crippen LogP contribution in [-0.4, -0.2) is 12.6 Å². The normalized spacial score (nSPS) is 10.1. The number of amides is 2. The Balaban J connectivity index is 2.35. The van der Waals surface area contributed by atoms with E-state index in [-0.39, 0.29) is 6.03 Å². The van der Waals surface area contributed by atoms with Crippen LogP contribution in [0.25, 0.3) is 0 Å². The molecule has 0 atom stereocenters. The van der Waals surface area contributed by atoms with Crippen LogP contribution < -0.4 is 10.6 Å². The lowest BCUT2D eigenvalue weighted by Gasteiger charge is -2.07. The predicted octanol–water partition coefficient (Wildman–Crippen LogP) is 3.95. The molecule has 2 amide bonds. The minimum Gasteiger partial charge on any atom is -0.338 e. The molecule has 0 aliphatic rings. The SMILES string of the molecule is CCCCCCc1ccc(NC(=O)NCC)cc1. The topological polar surface area (TPSA) is 41.1 Å². The smallest absolute Gasteiger partial charge is 0.319 e. The Bertz CT molecular complexity index is 346. The van der Waals surface area contributed by atoms with Crippen LogP contribution in [0.1, 0.15) is 45.1 Å². The minimum absolute atomic E-state index is 0.145. The van der Waals surface area contributed by atoms with Gasteiger partial charge in [-0.2, -0.15) is 0 Å². The molecule has 0 saturated carbocycles.